The average molecular weight is 398 g/mol. The van der Waals surface area contributed by atoms with Gasteiger partial charge in [0.05, 0.1) is 21.7 Å². The van der Waals surface area contributed by atoms with Crippen molar-refractivity contribution in [2.45, 2.75) is 17.4 Å². The molecule has 0 fully saturated rings. The lowest BCUT2D eigenvalue weighted by molar-refractivity contribution is -0.139. The average Bonchev–Trinajstić information content (AvgIpc) is 2.71. The molecule has 7 nitrogen and oxygen atoms in total. The Bertz CT molecular complexity index is 1110. The Kier molecular flexibility index (Phi) is 5.70. The molecule has 0 aliphatic rings. The molecule has 0 radical (unpaired) electrons. The number of carboxylic acids is 1. The number of hydrogen-bond donors (Lipinski definition) is 2. The maximum atomic E-state index is 12.6. The topological polar surface area (TPSA) is 113 Å². The summed E-state index contributed by atoms with van der Waals surface area (Å²) in [4.78, 5) is 28.5. The number of rotatable bonds is 7. The predicted octanol–water partition coefficient (Wildman–Crippen LogP) is 2.28. The molecule has 0 aliphatic heterocycles. The van der Waals surface area contributed by atoms with Gasteiger partial charge in [-0.1, -0.05) is 36.4 Å². The fourth-order valence-corrected chi connectivity index (χ4v) is 4.15. The first-order valence-corrected chi connectivity index (χ1v) is 10.2. The van der Waals surface area contributed by atoms with Gasteiger partial charge in [-0.15, -0.1) is 0 Å². The van der Waals surface area contributed by atoms with E-state index in [1.807, 2.05) is 0 Å². The number of aromatic nitrogens is 1. The summed E-state index contributed by atoms with van der Waals surface area (Å²) in [6.07, 6.45) is 1.29. The van der Waals surface area contributed by atoms with Crippen molar-refractivity contribution >= 4 is 32.6 Å². The van der Waals surface area contributed by atoms with E-state index in [9.17, 15) is 23.1 Å². The van der Waals surface area contributed by atoms with Crippen LogP contribution >= 0.6 is 0 Å². The standard InChI is InChI=1S/C20H18N2O5S/c23-19(16-10-4-6-14-7-5-12-21-18(14)16)22-17(20(24)25)11-13-28(26,27)15-8-2-1-3-9-15/h1-10,12,17H,11,13H2,(H,22,23)(H,24,25)/t17-/m0/s1. The second-order valence-corrected chi connectivity index (χ2v) is 8.27. The number of nitrogens with zero attached hydrogens (tertiary/aromatic N) is 1. The van der Waals surface area contributed by atoms with E-state index in [2.05, 4.69) is 10.3 Å². The smallest absolute Gasteiger partial charge is 0.326 e. The molecule has 2 aromatic carbocycles. The third-order valence-electron chi connectivity index (χ3n) is 4.26. The van der Waals surface area contributed by atoms with Gasteiger partial charge in [0.15, 0.2) is 9.84 Å². The molecule has 3 aromatic rings. The first-order valence-electron chi connectivity index (χ1n) is 8.54. The minimum Gasteiger partial charge on any atom is -0.480 e. The number of nitrogens with one attached hydrogen (secondary N) is 1. The third kappa shape index (κ3) is 4.34. The predicted molar refractivity (Wildman–Crippen MR) is 104 cm³/mol. The molecule has 0 unspecified atom stereocenters. The van der Waals surface area contributed by atoms with Crippen molar-refractivity contribution < 1.29 is 23.1 Å². The maximum absolute atomic E-state index is 12.6. The molecule has 2 N–H and O–H groups in total. The number of pyridine rings is 1. The highest BCUT2D eigenvalue weighted by molar-refractivity contribution is 7.91. The fourth-order valence-electron chi connectivity index (χ4n) is 2.80. The zero-order chi connectivity index (χ0) is 20.1. The highest BCUT2D eigenvalue weighted by Gasteiger charge is 2.25. The molecular formula is C20H18N2O5S. The fraction of sp³-hybridized carbons (Fsp3) is 0.150. The minimum atomic E-state index is -3.65. The number of aliphatic carboxylic acids is 1. The third-order valence-corrected chi connectivity index (χ3v) is 6.02. The normalized spacial score (nSPS) is 12.4. The van der Waals surface area contributed by atoms with Crippen LogP contribution in [-0.4, -0.2) is 42.2 Å². The molecule has 1 aromatic heterocycles. The summed E-state index contributed by atoms with van der Waals surface area (Å²) in [7, 11) is -3.65. The van der Waals surface area contributed by atoms with Crippen molar-refractivity contribution in [1.82, 2.24) is 10.3 Å². The quantitative estimate of drug-likeness (QED) is 0.631. The number of sulfone groups is 1. The lowest BCUT2D eigenvalue weighted by atomic mass is 10.1. The van der Waals surface area contributed by atoms with Gasteiger partial charge in [-0.3, -0.25) is 9.78 Å². The van der Waals surface area contributed by atoms with E-state index in [1.54, 1.807) is 54.7 Å². The Hall–Kier alpha value is -3.26. The summed E-state index contributed by atoms with van der Waals surface area (Å²) in [5.74, 6) is -2.32. The second-order valence-electron chi connectivity index (χ2n) is 6.17. The number of fused-ring (bicyclic) bond motifs is 1. The van der Waals surface area contributed by atoms with Gasteiger partial charge < -0.3 is 10.4 Å². The Morgan fingerprint density at radius 3 is 2.43 bits per heavy atom. The van der Waals surface area contributed by atoms with Crippen molar-refractivity contribution in [1.29, 1.82) is 0 Å². The maximum Gasteiger partial charge on any atom is 0.326 e. The zero-order valence-corrected chi connectivity index (χ0v) is 15.6. The largest absolute Gasteiger partial charge is 0.480 e. The van der Waals surface area contributed by atoms with Crippen LogP contribution in [0.15, 0.2) is 71.8 Å². The summed E-state index contributed by atoms with van der Waals surface area (Å²) >= 11 is 0. The molecule has 0 saturated heterocycles. The van der Waals surface area contributed by atoms with Crippen LogP contribution in [0.1, 0.15) is 16.8 Å². The molecule has 3 rings (SSSR count). The van der Waals surface area contributed by atoms with E-state index in [0.29, 0.717) is 5.52 Å². The van der Waals surface area contributed by atoms with E-state index in [4.69, 9.17) is 0 Å². The lowest BCUT2D eigenvalue weighted by Crippen LogP contribution is -2.42. The molecule has 1 amide bonds. The SMILES string of the molecule is O=C(N[C@@H](CCS(=O)(=O)c1ccccc1)C(=O)O)c1cccc2cccnc12. The monoisotopic (exact) mass is 398 g/mol. The van der Waals surface area contributed by atoms with Crippen molar-refractivity contribution in [2.24, 2.45) is 0 Å². The van der Waals surface area contributed by atoms with Crippen LogP contribution < -0.4 is 5.32 Å². The molecule has 8 heteroatoms. The van der Waals surface area contributed by atoms with Gasteiger partial charge in [0, 0.05) is 11.6 Å². The Morgan fingerprint density at radius 2 is 1.71 bits per heavy atom. The molecule has 0 spiro atoms. The van der Waals surface area contributed by atoms with Gasteiger partial charge >= 0.3 is 5.97 Å². The molecule has 0 bridgehead atoms. The Morgan fingerprint density at radius 1 is 1.00 bits per heavy atom. The van der Waals surface area contributed by atoms with Crippen molar-refractivity contribution in [3.8, 4) is 0 Å². The number of amides is 1. The van der Waals surface area contributed by atoms with Crippen molar-refractivity contribution in [3.05, 3.63) is 72.4 Å². The summed E-state index contributed by atoms with van der Waals surface area (Å²) in [6, 6.07) is 15.0. The molecule has 0 aliphatic carbocycles. The van der Waals surface area contributed by atoms with Gasteiger partial charge in [0.2, 0.25) is 0 Å². The highest BCUT2D eigenvalue weighted by Crippen LogP contribution is 2.17. The van der Waals surface area contributed by atoms with Gasteiger partial charge in [0.25, 0.3) is 5.91 Å². The number of benzene rings is 2. The van der Waals surface area contributed by atoms with E-state index >= 15 is 0 Å². The van der Waals surface area contributed by atoms with Crippen LogP contribution in [0.25, 0.3) is 10.9 Å². The number of carbonyl (C=O) groups excluding carboxylic acids is 1. The van der Waals surface area contributed by atoms with Crippen LogP contribution in [0.5, 0.6) is 0 Å². The van der Waals surface area contributed by atoms with Crippen LogP contribution in [-0.2, 0) is 14.6 Å². The number of carboxylic acid groups (broad SMARTS) is 1. The zero-order valence-electron chi connectivity index (χ0n) is 14.8. The van der Waals surface area contributed by atoms with Crippen LogP contribution in [0.2, 0.25) is 0 Å². The van der Waals surface area contributed by atoms with Crippen molar-refractivity contribution in [3.63, 3.8) is 0 Å². The molecule has 144 valence electrons. The first-order chi connectivity index (χ1) is 13.4. The second kappa shape index (κ2) is 8.18. The van der Waals surface area contributed by atoms with Crippen molar-refractivity contribution in [2.75, 3.05) is 5.75 Å². The highest BCUT2D eigenvalue weighted by atomic mass is 32.2. The van der Waals surface area contributed by atoms with E-state index in [1.165, 1.54) is 12.1 Å². The molecule has 0 saturated carbocycles. The molecule has 1 heterocycles. The summed E-state index contributed by atoms with van der Waals surface area (Å²) in [5.41, 5.74) is 0.679. The Labute approximate surface area is 162 Å². The van der Waals surface area contributed by atoms with Gasteiger partial charge in [-0.05, 0) is 30.7 Å². The van der Waals surface area contributed by atoms with Gasteiger partial charge in [-0.25, -0.2) is 13.2 Å². The molecule has 1 atom stereocenters. The lowest BCUT2D eigenvalue weighted by Gasteiger charge is -2.15. The number of hydrogen-bond acceptors (Lipinski definition) is 5. The summed E-state index contributed by atoms with van der Waals surface area (Å²) in [5, 5.41) is 12.6. The molecule has 28 heavy (non-hydrogen) atoms. The van der Waals surface area contributed by atoms with Gasteiger partial charge in [0.1, 0.15) is 6.04 Å². The Balaban J connectivity index is 1.76. The van der Waals surface area contributed by atoms with Crippen LogP contribution in [0, 0.1) is 0 Å². The minimum absolute atomic E-state index is 0.115. The number of carbonyl (C=O) groups is 2. The molecular weight excluding hydrogens is 380 g/mol. The van der Waals surface area contributed by atoms with E-state index in [0.717, 1.165) is 5.39 Å². The van der Waals surface area contributed by atoms with E-state index < -0.39 is 33.5 Å². The van der Waals surface area contributed by atoms with Crippen LogP contribution in [0.4, 0.5) is 0 Å². The summed E-state index contributed by atoms with van der Waals surface area (Å²) < 4.78 is 24.7. The first kappa shape index (κ1) is 19.5. The van der Waals surface area contributed by atoms with Crippen LogP contribution in [0.3, 0.4) is 0 Å². The number of para-hydroxylation sites is 1. The van der Waals surface area contributed by atoms with Gasteiger partial charge in [-0.2, -0.15) is 0 Å². The summed E-state index contributed by atoms with van der Waals surface area (Å²) in [6.45, 7) is 0. The van der Waals surface area contributed by atoms with E-state index in [-0.39, 0.29) is 16.9 Å².